The van der Waals surface area contributed by atoms with Crippen molar-refractivity contribution in [2.45, 2.75) is 26.2 Å². The smallest absolute Gasteiger partial charge is 0.313 e. The van der Waals surface area contributed by atoms with Gasteiger partial charge in [-0.1, -0.05) is 24.6 Å². The molecule has 0 aliphatic heterocycles. The fourth-order valence-corrected chi connectivity index (χ4v) is 1.91. The van der Waals surface area contributed by atoms with Gasteiger partial charge in [0.05, 0.1) is 0 Å². The Morgan fingerprint density at radius 3 is 2.56 bits per heavy atom. The highest BCUT2D eigenvalue weighted by Crippen LogP contribution is 2.25. The van der Waals surface area contributed by atoms with Crippen LogP contribution in [0.5, 0.6) is 0 Å². The van der Waals surface area contributed by atoms with E-state index in [-0.39, 0.29) is 0 Å². The fraction of sp³-hybridized carbons (Fsp3) is 0.429. The van der Waals surface area contributed by atoms with Crippen molar-refractivity contribution in [1.29, 1.82) is 0 Å². The molecule has 1 saturated carbocycles. The normalized spacial score (nSPS) is 14.7. The molecule has 0 spiro atoms. The lowest BCUT2D eigenvalue weighted by molar-refractivity contribution is -0.136. The molecule has 1 aliphatic rings. The molecule has 2 rings (SSSR count). The maximum atomic E-state index is 11.7. The Balaban J connectivity index is 1.83. The van der Waals surface area contributed by atoms with Gasteiger partial charge in [-0.05, 0) is 37.3 Å². The lowest BCUT2D eigenvalue weighted by atomic mass is 9.85. The van der Waals surface area contributed by atoms with Gasteiger partial charge in [0.25, 0.3) is 0 Å². The highest BCUT2D eigenvalue weighted by molar-refractivity contribution is 6.39. The molecule has 2 amide bonds. The second-order valence-corrected chi connectivity index (χ2v) is 4.78. The van der Waals surface area contributed by atoms with Crippen molar-refractivity contribution >= 4 is 17.5 Å². The zero-order valence-electron chi connectivity index (χ0n) is 10.5. The molecule has 2 N–H and O–H groups in total. The number of nitrogens with one attached hydrogen (secondary N) is 2. The largest absolute Gasteiger partial charge is 0.348 e. The number of hydrogen-bond acceptors (Lipinski definition) is 2. The van der Waals surface area contributed by atoms with Crippen LogP contribution in [0.25, 0.3) is 0 Å². The van der Waals surface area contributed by atoms with E-state index in [1.165, 1.54) is 6.42 Å². The van der Waals surface area contributed by atoms with Gasteiger partial charge >= 0.3 is 11.8 Å². The molecule has 1 aromatic rings. The lowest BCUT2D eigenvalue weighted by Gasteiger charge is -2.25. The van der Waals surface area contributed by atoms with E-state index in [9.17, 15) is 9.59 Å². The van der Waals surface area contributed by atoms with Gasteiger partial charge in [0.1, 0.15) is 0 Å². The molecule has 0 saturated heterocycles. The van der Waals surface area contributed by atoms with Crippen molar-refractivity contribution in [1.82, 2.24) is 5.32 Å². The fourth-order valence-electron chi connectivity index (χ4n) is 1.91. The first-order valence-corrected chi connectivity index (χ1v) is 6.31. The number of para-hydroxylation sites is 1. The number of aryl methyl sites for hydroxylation is 1. The topological polar surface area (TPSA) is 58.2 Å². The van der Waals surface area contributed by atoms with E-state index in [1.807, 2.05) is 25.1 Å². The number of carbonyl (C=O) groups is 2. The molecular weight excluding hydrogens is 228 g/mol. The van der Waals surface area contributed by atoms with Crippen molar-refractivity contribution in [3.8, 4) is 0 Å². The van der Waals surface area contributed by atoms with Gasteiger partial charge < -0.3 is 10.6 Å². The summed E-state index contributed by atoms with van der Waals surface area (Å²) in [5.41, 5.74) is 1.62. The van der Waals surface area contributed by atoms with Gasteiger partial charge in [-0.25, -0.2) is 0 Å². The van der Waals surface area contributed by atoms with Gasteiger partial charge in [-0.2, -0.15) is 0 Å². The van der Waals surface area contributed by atoms with Crippen LogP contribution in [0, 0.1) is 12.8 Å². The van der Waals surface area contributed by atoms with Crippen LogP contribution in [0.1, 0.15) is 24.8 Å². The molecule has 1 aromatic carbocycles. The molecule has 0 heterocycles. The van der Waals surface area contributed by atoms with Crippen LogP contribution < -0.4 is 10.6 Å². The second-order valence-electron chi connectivity index (χ2n) is 4.78. The summed E-state index contributed by atoms with van der Waals surface area (Å²) in [5.74, 6) is -0.589. The Hall–Kier alpha value is -1.84. The van der Waals surface area contributed by atoms with Crippen LogP contribution in [0.3, 0.4) is 0 Å². The lowest BCUT2D eigenvalue weighted by Crippen LogP contribution is -2.39. The van der Waals surface area contributed by atoms with Crippen LogP contribution in [0.15, 0.2) is 24.3 Å². The molecule has 4 heteroatoms. The summed E-state index contributed by atoms with van der Waals surface area (Å²) in [5, 5.41) is 5.29. The molecule has 1 fully saturated rings. The van der Waals surface area contributed by atoms with Gasteiger partial charge in [0, 0.05) is 12.2 Å². The van der Waals surface area contributed by atoms with Gasteiger partial charge in [-0.3, -0.25) is 9.59 Å². The number of hydrogen-bond donors (Lipinski definition) is 2. The zero-order chi connectivity index (χ0) is 13.0. The minimum Gasteiger partial charge on any atom is -0.348 e. The Kier molecular flexibility index (Phi) is 3.97. The van der Waals surface area contributed by atoms with Gasteiger partial charge in [0.15, 0.2) is 0 Å². The van der Waals surface area contributed by atoms with Crippen molar-refractivity contribution in [3.05, 3.63) is 29.8 Å². The van der Waals surface area contributed by atoms with Gasteiger partial charge in [-0.15, -0.1) is 0 Å². The molecule has 0 bridgehead atoms. The summed E-state index contributed by atoms with van der Waals surface area (Å²) in [6.07, 6.45) is 3.54. The molecule has 0 aromatic heterocycles. The average molecular weight is 246 g/mol. The van der Waals surface area contributed by atoms with Crippen LogP contribution >= 0.6 is 0 Å². The molecule has 0 unspecified atom stereocenters. The summed E-state index contributed by atoms with van der Waals surface area (Å²) in [6, 6.07) is 7.39. The number of anilines is 1. The highest BCUT2D eigenvalue weighted by Gasteiger charge is 2.20. The van der Waals surface area contributed by atoms with E-state index in [0.29, 0.717) is 18.2 Å². The Labute approximate surface area is 107 Å². The quantitative estimate of drug-likeness (QED) is 0.800. The maximum absolute atomic E-state index is 11.7. The summed E-state index contributed by atoms with van der Waals surface area (Å²) < 4.78 is 0. The highest BCUT2D eigenvalue weighted by atomic mass is 16.2. The molecule has 1 aliphatic carbocycles. The predicted octanol–water partition coefficient (Wildman–Crippen LogP) is 1.85. The summed E-state index contributed by atoms with van der Waals surface area (Å²) in [4.78, 5) is 23.2. The van der Waals surface area contributed by atoms with Gasteiger partial charge in [0.2, 0.25) is 0 Å². The first kappa shape index (κ1) is 12.6. The Morgan fingerprint density at radius 2 is 1.94 bits per heavy atom. The summed E-state index contributed by atoms with van der Waals surface area (Å²) in [7, 11) is 0. The molecule has 0 atom stereocenters. The number of benzene rings is 1. The summed E-state index contributed by atoms with van der Waals surface area (Å²) >= 11 is 0. The SMILES string of the molecule is Cc1ccccc1NC(=O)C(=O)NCC1CCC1. The molecule has 4 nitrogen and oxygen atoms in total. The standard InChI is InChI=1S/C14H18N2O2/c1-10-5-2-3-8-12(10)16-14(18)13(17)15-9-11-6-4-7-11/h2-3,5,8,11H,4,6-7,9H2,1H3,(H,15,17)(H,16,18). The Bertz CT molecular complexity index is 453. The number of rotatable bonds is 3. The average Bonchev–Trinajstić information content (AvgIpc) is 2.30. The third kappa shape index (κ3) is 3.09. The van der Waals surface area contributed by atoms with Crippen LogP contribution in [-0.2, 0) is 9.59 Å². The van der Waals surface area contributed by atoms with Crippen LogP contribution in [0.2, 0.25) is 0 Å². The van der Waals surface area contributed by atoms with E-state index in [1.54, 1.807) is 6.07 Å². The number of amides is 2. The minimum atomic E-state index is -0.594. The maximum Gasteiger partial charge on any atom is 0.313 e. The van der Waals surface area contributed by atoms with E-state index < -0.39 is 11.8 Å². The zero-order valence-corrected chi connectivity index (χ0v) is 10.5. The van der Waals surface area contributed by atoms with Crippen LogP contribution in [-0.4, -0.2) is 18.4 Å². The molecule has 0 radical (unpaired) electrons. The van der Waals surface area contributed by atoms with E-state index >= 15 is 0 Å². The third-order valence-corrected chi connectivity index (χ3v) is 3.38. The van der Waals surface area contributed by atoms with E-state index in [4.69, 9.17) is 0 Å². The van der Waals surface area contributed by atoms with Crippen LogP contribution in [0.4, 0.5) is 5.69 Å². The van der Waals surface area contributed by atoms with Crippen molar-refractivity contribution in [2.75, 3.05) is 11.9 Å². The first-order valence-electron chi connectivity index (χ1n) is 6.31. The monoisotopic (exact) mass is 246 g/mol. The molecular formula is C14H18N2O2. The van der Waals surface area contributed by atoms with Crippen molar-refractivity contribution in [3.63, 3.8) is 0 Å². The molecule has 18 heavy (non-hydrogen) atoms. The minimum absolute atomic E-state index is 0.551. The van der Waals surface area contributed by atoms with E-state index in [0.717, 1.165) is 18.4 Å². The molecule has 96 valence electrons. The van der Waals surface area contributed by atoms with Crippen molar-refractivity contribution in [2.24, 2.45) is 5.92 Å². The Morgan fingerprint density at radius 1 is 1.22 bits per heavy atom. The van der Waals surface area contributed by atoms with E-state index in [2.05, 4.69) is 10.6 Å². The van der Waals surface area contributed by atoms with Crippen molar-refractivity contribution < 1.29 is 9.59 Å². The number of carbonyl (C=O) groups excluding carboxylic acids is 2. The third-order valence-electron chi connectivity index (χ3n) is 3.38. The predicted molar refractivity (Wildman–Crippen MR) is 70.2 cm³/mol. The first-order chi connectivity index (χ1) is 8.66. The summed E-state index contributed by atoms with van der Waals surface area (Å²) in [6.45, 7) is 2.50. The second kappa shape index (κ2) is 5.67.